The second-order valence-electron chi connectivity index (χ2n) is 4.78. The molecule has 0 aliphatic rings. The van der Waals surface area contributed by atoms with Crippen LogP contribution in [-0.2, 0) is 6.54 Å². The summed E-state index contributed by atoms with van der Waals surface area (Å²) in [5, 5.41) is 19.6. The second-order valence-corrected chi connectivity index (χ2v) is 4.78. The highest BCUT2D eigenvalue weighted by molar-refractivity contribution is 5.94. The molecule has 6 nitrogen and oxygen atoms in total. The van der Waals surface area contributed by atoms with Crippen LogP contribution in [-0.4, -0.2) is 22.8 Å². The molecule has 22 heavy (non-hydrogen) atoms. The molecule has 0 aliphatic carbocycles. The molecule has 2 aromatic carbocycles. The third-order valence-electron chi connectivity index (χ3n) is 3.13. The summed E-state index contributed by atoms with van der Waals surface area (Å²) in [6.45, 7) is 0.247. The van der Waals surface area contributed by atoms with Gasteiger partial charge in [0, 0.05) is 31.3 Å². The normalized spacial score (nSPS) is 9.82. The SMILES string of the molecule is CN(Cc1cccc([N+](=O)[O-])c1)C(=O)c1cccc(C#N)c1. The van der Waals surface area contributed by atoms with E-state index < -0.39 is 4.92 Å². The summed E-state index contributed by atoms with van der Waals surface area (Å²) < 4.78 is 0. The van der Waals surface area contributed by atoms with Crippen molar-refractivity contribution >= 4 is 11.6 Å². The first-order valence-corrected chi connectivity index (χ1v) is 6.50. The Bertz CT molecular complexity index is 765. The summed E-state index contributed by atoms with van der Waals surface area (Å²) in [5.41, 5.74) is 1.48. The highest BCUT2D eigenvalue weighted by Crippen LogP contribution is 2.15. The van der Waals surface area contributed by atoms with E-state index in [2.05, 4.69) is 0 Å². The molecular weight excluding hydrogens is 282 g/mol. The Hall–Kier alpha value is -3.20. The number of nitro groups is 1. The van der Waals surface area contributed by atoms with Gasteiger partial charge in [-0.2, -0.15) is 5.26 Å². The monoisotopic (exact) mass is 295 g/mol. The fraction of sp³-hybridized carbons (Fsp3) is 0.125. The molecule has 1 amide bonds. The Balaban J connectivity index is 2.16. The molecule has 2 aromatic rings. The summed E-state index contributed by atoms with van der Waals surface area (Å²) >= 11 is 0. The maximum atomic E-state index is 12.3. The molecule has 0 saturated carbocycles. The Kier molecular flexibility index (Phi) is 4.49. The number of amides is 1. The van der Waals surface area contributed by atoms with Crippen molar-refractivity contribution in [3.63, 3.8) is 0 Å². The molecule has 0 spiro atoms. The van der Waals surface area contributed by atoms with Gasteiger partial charge in [-0.15, -0.1) is 0 Å². The van der Waals surface area contributed by atoms with Gasteiger partial charge < -0.3 is 4.90 Å². The van der Waals surface area contributed by atoms with Gasteiger partial charge in [0.1, 0.15) is 0 Å². The van der Waals surface area contributed by atoms with Crippen LogP contribution in [0.15, 0.2) is 48.5 Å². The zero-order chi connectivity index (χ0) is 16.1. The first-order chi connectivity index (χ1) is 10.5. The van der Waals surface area contributed by atoms with Gasteiger partial charge in [-0.3, -0.25) is 14.9 Å². The van der Waals surface area contributed by atoms with Crippen molar-refractivity contribution in [3.05, 3.63) is 75.3 Å². The quantitative estimate of drug-likeness (QED) is 0.641. The summed E-state index contributed by atoms with van der Waals surface area (Å²) in [5.74, 6) is -0.247. The van der Waals surface area contributed by atoms with Gasteiger partial charge in [0.2, 0.25) is 0 Å². The van der Waals surface area contributed by atoms with Crippen molar-refractivity contribution in [2.45, 2.75) is 6.54 Å². The maximum Gasteiger partial charge on any atom is 0.269 e. The van der Waals surface area contributed by atoms with E-state index in [1.165, 1.54) is 23.1 Å². The molecule has 0 aliphatic heterocycles. The number of hydrogen-bond acceptors (Lipinski definition) is 4. The first kappa shape index (κ1) is 15.2. The summed E-state index contributed by atoms with van der Waals surface area (Å²) in [7, 11) is 1.61. The van der Waals surface area contributed by atoms with Crippen LogP contribution >= 0.6 is 0 Å². The molecule has 0 heterocycles. The van der Waals surface area contributed by atoms with Crippen molar-refractivity contribution in [1.82, 2.24) is 4.90 Å². The minimum atomic E-state index is -0.471. The number of benzene rings is 2. The maximum absolute atomic E-state index is 12.3. The number of nitro benzene ring substituents is 1. The fourth-order valence-electron chi connectivity index (χ4n) is 2.06. The molecular formula is C16H13N3O3. The lowest BCUT2D eigenvalue weighted by molar-refractivity contribution is -0.384. The summed E-state index contributed by atoms with van der Waals surface area (Å²) in [4.78, 5) is 24.1. The predicted molar refractivity (Wildman–Crippen MR) is 80.1 cm³/mol. The molecule has 0 aromatic heterocycles. The van der Waals surface area contributed by atoms with Crippen LogP contribution in [0.4, 0.5) is 5.69 Å². The Labute approximate surface area is 127 Å². The molecule has 2 rings (SSSR count). The van der Waals surface area contributed by atoms with Crippen LogP contribution in [0.1, 0.15) is 21.5 Å². The molecule has 0 N–H and O–H groups in total. The number of rotatable bonds is 4. The molecule has 0 fully saturated rings. The van der Waals surface area contributed by atoms with E-state index in [4.69, 9.17) is 5.26 Å². The number of nitrogens with zero attached hydrogens (tertiary/aromatic N) is 3. The van der Waals surface area contributed by atoms with E-state index in [0.717, 1.165) is 0 Å². The average Bonchev–Trinajstić information content (AvgIpc) is 2.54. The molecule has 110 valence electrons. The van der Waals surface area contributed by atoms with Crippen LogP contribution in [0, 0.1) is 21.4 Å². The minimum absolute atomic E-state index is 0.00942. The predicted octanol–water partition coefficient (Wildman–Crippen LogP) is 2.74. The highest BCUT2D eigenvalue weighted by atomic mass is 16.6. The topological polar surface area (TPSA) is 87.2 Å². The number of carbonyl (C=O) groups is 1. The molecule has 0 radical (unpaired) electrons. The molecule has 0 atom stereocenters. The lowest BCUT2D eigenvalue weighted by Crippen LogP contribution is -2.26. The standard InChI is InChI=1S/C16H13N3O3/c1-18(11-13-5-3-7-15(9-13)19(21)22)16(20)14-6-2-4-12(8-14)10-17/h2-9H,11H2,1H3. The average molecular weight is 295 g/mol. The van der Waals surface area contributed by atoms with Gasteiger partial charge in [0.05, 0.1) is 16.6 Å². The zero-order valence-corrected chi connectivity index (χ0v) is 11.9. The number of carbonyl (C=O) groups excluding carboxylic acids is 1. The Morgan fingerprint density at radius 2 is 2.00 bits per heavy atom. The van der Waals surface area contributed by atoms with Gasteiger partial charge in [-0.25, -0.2) is 0 Å². The number of non-ortho nitro benzene ring substituents is 1. The first-order valence-electron chi connectivity index (χ1n) is 6.50. The van der Waals surface area contributed by atoms with Gasteiger partial charge in [-0.1, -0.05) is 18.2 Å². The Morgan fingerprint density at radius 3 is 2.68 bits per heavy atom. The van der Waals surface area contributed by atoms with E-state index >= 15 is 0 Å². The number of nitriles is 1. The van der Waals surface area contributed by atoms with Crippen molar-refractivity contribution < 1.29 is 9.72 Å². The second kappa shape index (κ2) is 6.50. The van der Waals surface area contributed by atoms with E-state index in [9.17, 15) is 14.9 Å². The number of hydrogen-bond donors (Lipinski definition) is 0. The molecule has 0 saturated heterocycles. The van der Waals surface area contributed by atoms with E-state index in [1.807, 2.05) is 6.07 Å². The lowest BCUT2D eigenvalue weighted by Gasteiger charge is -2.17. The smallest absolute Gasteiger partial charge is 0.269 e. The zero-order valence-electron chi connectivity index (χ0n) is 11.9. The van der Waals surface area contributed by atoms with Crippen LogP contribution < -0.4 is 0 Å². The van der Waals surface area contributed by atoms with E-state index in [1.54, 1.807) is 37.4 Å². The van der Waals surface area contributed by atoms with Crippen molar-refractivity contribution in [2.24, 2.45) is 0 Å². The molecule has 0 unspecified atom stereocenters. The summed E-state index contributed by atoms with van der Waals surface area (Å²) in [6.07, 6.45) is 0. The van der Waals surface area contributed by atoms with E-state index in [0.29, 0.717) is 16.7 Å². The van der Waals surface area contributed by atoms with Crippen molar-refractivity contribution in [3.8, 4) is 6.07 Å². The van der Waals surface area contributed by atoms with Crippen molar-refractivity contribution in [2.75, 3.05) is 7.05 Å². The van der Waals surface area contributed by atoms with Crippen LogP contribution in [0.25, 0.3) is 0 Å². The van der Waals surface area contributed by atoms with Crippen LogP contribution in [0.2, 0.25) is 0 Å². The van der Waals surface area contributed by atoms with Gasteiger partial charge in [0.15, 0.2) is 0 Å². The van der Waals surface area contributed by atoms with Gasteiger partial charge in [0.25, 0.3) is 11.6 Å². The fourth-order valence-corrected chi connectivity index (χ4v) is 2.06. The van der Waals surface area contributed by atoms with Crippen LogP contribution in [0.5, 0.6) is 0 Å². The molecule has 6 heteroatoms. The third-order valence-corrected chi connectivity index (χ3v) is 3.13. The summed E-state index contributed by atoms with van der Waals surface area (Å²) in [6, 6.07) is 14.6. The lowest BCUT2D eigenvalue weighted by atomic mass is 10.1. The van der Waals surface area contributed by atoms with Gasteiger partial charge in [-0.05, 0) is 23.8 Å². The third kappa shape index (κ3) is 3.46. The minimum Gasteiger partial charge on any atom is -0.337 e. The highest BCUT2D eigenvalue weighted by Gasteiger charge is 2.14. The molecule has 0 bridgehead atoms. The van der Waals surface area contributed by atoms with Gasteiger partial charge >= 0.3 is 0 Å². The Morgan fingerprint density at radius 1 is 1.27 bits per heavy atom. The van der Waals surface area contributed by atoms with E-state index in [-0.39, 0.29) is 18.1 Å². The largest absolute Gasteiger partial charge is 0.337 e. The van der Waals surface area contributed by atoms with Crippen molar-refractivity contribution in [1.29, 1.82) is 5.26 Å². The van der Waals surface area contributed by atoms with Crippen LogP contribution in [0.3, 0.4) is 0 Å².